The molecule has 2 aliphatic rings. The van der Waals surface area contributed by atoms with Crippen molar-refractivity contribution in [3.63, 3.8) is 0 Å². The molecule has 24 heavy (non-hydrogen) atoms. The summed E-state index contributed by atoms with van der Waals surface area (Å²) in [5.74, 6) is 0.828. The average molecular weight is 348 g/mol. The highest BCUT2D eigenvalue weighted by molar-refractivity contribution is 6.30. The van der Waals surface area contributed by atoms with Crippen LogP contribution in [0.3, 0.4) is 0 Å². The van der Waals surface area contributed by atoms with Crippen LogP contribution >= 0.6 is 11.6 Å². The fourth-order valence-corrected chi connectivity index (χ4v) is 3.71. The molecule has 2 saturated heterocycles. The summed E-state index contributed by atoms with van der Waals surface area (Å²) in [6, 6.07) is 4.12. The zero-order chi connectivity index (χ0) is 16.5. The molecule has 2 N–H and O–H groups in total. The number of halogens is 1. The summed E-state index contributed by atoms with van der Waals surface area (Å²) in [4.78, 5) is 9.25. The van der Waals surface area contributed by atoms with Gasteiger partial charge in [-0.05, 0) is 38.3 Å². The maximum Gasteiger partial charge on any atom is 0.191 e. The lowest BCUT2D eigenvalue weighted by Crippen LogP contribution is -2.47. The number of rotatable bonds is 4. The molecule has 4 heterocycles. The highest BCUT2D eigenvalue weighted by Crippen LogP contribution is 2.34. The van der Waals surface area contributed by atoms with Crippen molar-refractivity contribution in [3.05, 3.63) is 35.2 Å². The largest absolute Gasteiger partial charge is 0.373 e. The summed E-state index contributed by atoms with van der Waals surface area (Å²) in [5.41, 5.74) is 1.79. The van der Waals surface area contributed by atoms with Gasteiger partial charge in [0.05, 0.1) is 35.5 Å². The van der Waals surface area contributed by atoms with Gasteiger partial charge in [-0.15, -0.1) is 0 Å². The van der Waals surface area contributed by atoms with E-state index in [1.54, 1.807) is 0 Å². The van der Waals surface area contributed by atoms with Crippen molar-refractivity contribution in [1.29, 1.82) is 0 Å². The van der Waals surface area contributed by atoms with Crippen LogP contribution in [0.1, 0.15) is 31.9 Å². The van der Waals surface area contributed by atoms with Crippen LogP contribution < -0.4 is 10.6 Å². The van der Waals surface area contributed by atoms with Crippen molar-refractivity contribution in [1.82, 2.24) is 20.0 Å². The lowest BCUT2D eigenvalue weighted by atomic mass is 9.96. The van der Waals surface area contributed by atoms with Gasteiger partial charge in [0.15, 0.2) is 5.96 Å². The third kappa shape index (κ3) is 3.21. The van der Waals surface area contributed by atoms with Crippen molar-refractivity contribution in [2.24, 2.45) is 4.99 Å². The first-order valence-corrected chi connectivity index (χ1v) is 8.92. The van der Waals surface area contributed by atoms with E-state index >= 15 is 0 Å². The first-order valence-electron chi connectivity index (χ1n) is 8.54. The second kappa shape index (κ2) is 6.61. The maximum atomic E-state index is 6.01. The Kier molecular flexibility index (Phi) is 4.33. The molecular weight excluding hydrogens is 326 g/mol. The number of pyridine rings is 1. The maximum absolute atomic E-state index is 6.01. The summed E-state index contributed by atoms with van der Waals surface area (Å²) in [5, 5.41) is 7.52. The Hall–Kier alpha value is -1.79. The van der Waals surface area contributed by atoms with Crippen LogP contribution in [0.25, 0.3) is 5.65 Å². The molecule has 2 aromatic rings. The minimum Gasteiger partial charge on any atom is -0.373 e. The number of aromatic nitrogens is 2. The molecule has 0 amide bonds. The van der Waals surface area contributed by atoms with E-state index < -0.39 is 0 Å². The molecule has 0 saturated carbocycles. The van der Waals surface area contributed by atoms with E-state index in [0.717, 1.165) is 36.7 Å². The van der Waals surface area contributed by atoms with Crippen LogP contribution in [0.2, 0.25) is 5.02 Å². The number of ether oxygens (including phenoxy) is 1. The first kappa shape index (κ1) is 15.7. The number of nitrogens with one attached hydrogen (secondary N) is 2. The van der Waals surface area contributed by atoms with E-state index in [9.17, 15) is 0 Å². The Morgan fingerprint density at radius 1 is 1.42 bits per heavy atom. The first-order chi connectivity index (χ1) is 11.7. The number of aliphatic imine (C=N–C) groups is 1. The molecule has 2 bridgehead atoms. The van der Waals surface area contributed by atoms with Gasteiger partial charge in [-0.2, -0.15) is 0 Å². The summed E-state index contributed by atoms with van der Waals surface area (Å²) >= 11 is 6.01. The van der Waals surface area contributed by atoms with Gasteiger partial charge in [-0.3, -0.25) is 0 Å². The van der Waals surface area contributed by atoms with E-state index in [0.29, 0.717) is 29.8 Å². The third-order valence-corrected chi connectivity index (χ3v) is 4.86. The summed E-state index contributed by atoms with van der Waals surface area (Å²) in [6.07, 6.45) is 7.99. The average Bonchev–Trinajstić information content (AvgIpc) is 3.27. The van der Waals surface area contributed by atoms with Gasteiger partial charge >= 0.3 is 0 Å². The Balaban J connectivity index is 1.45. The van der Waals surface area contributed by atoms with Crippen LogP contribution in [0.15, 0.2) is 29.5 Å². The zero-order valence-electron chi connectivity index (χ0n) is 13.7. The number of fused-ring (bicyclic) bond motifs is 3. The molecule has 3 unspecified atom stereocenters. The quantitative estimate of drug-likeness (QED) is 0.658. The van der Waals surface area contributed by atoms with Crippen molar-refractivity contribution in [2.45, 2.75) is 51.0 Å². The number of guanidine groups is 1. The molecular formula is C17H22ClN5O. The Morgan fingerprint density at radius 3 is 3.08 bits per heavy atom. The van der Waals surface area contributed by atoms with E-state index in [2.05, 4.69) is 27.5 Å². The highest BCUT2D eigenvalue weighted by Gasteiger charge is 2.41. The normalized spacial score (nSPS) is 26.2. The van der Waals surface area contributed by atoms with Crippen LogP contribution in [0.5, 0.6) is 0 Å². The smallest absolute Gasteiger partial charge is 0.191 e. The van der Waals surface area contributed by atoms with Gasteiger partial charge < -0.3 is 19.8 Å². The van der Waals surface area contributed by atoms with E-state index in [-0.39, 0.29) is 0 Å². The molecule has 0 spiro atoms. The van der Waals surface area contributed by atoms with Crippen molar-refractivity contribution in [3.8, 4) is 0 Å². The number of nitrogens with zero attached hydrogens (tertiary/aromatic N) is 3. The summed E-state index contributed by atoms with van der Waals surface area (Å²) in [7, 11) is 0. The lowest BCUT2D eigenvalue weighted by Gasteiger charge is -2.22. The van der Waals surface area contributed by atoms with Gasteiger partial charge in [0.25, 0.3) is 0 Å². The molecule has 6 nitrogen and oxygen atoms in total. The fraction of sp³-hybridized carbons (Fsp3) is 0.529. The molecule has 7 heteroatoms. The van der Waals surface area contributed by atoms with Gasteiger partial charge in [-0.1, -0.05) is 11.6 Å². The zero-order valence-corrected chi connectivity index (χ0v) is 14.5. The molecule has 2 aromatic heterocycles. The van der Waals surface area contributed by atoms with Gasteiger partial charge in [0.1, 0.15) is 5.65 Å². The molecule has 2 aliphatic heterocycles. The fourth-order valence-electron chi connectivity index (χ4n) is 3.54. The minimum atomic E-state index is 0.330. The van der Waals surface area contributed by atoms with Gasteiger partial charge in [-0.25, -0.2) is 9.98 Å². The monoisotopic (exact) mass is 347 g/mol. The van der Waals surface area contributed by atoms with Crippen LogP contribution in [0.4, 0.5) is 0 Å². The molecule has 0 aliphatic carbocycles. The van der Waals surface area contributed by atoms with Gasteiger partial charge in [0.2, 0.25) is 0 Å². The lowest BCUT2D eigenvalue weighted by molar-refractivity contribution is 0.0992. The van der Waals surface area contributed by atoms with Crippen molar-refractivity contribution in [2.75, 3.05) is 6.54 Å². The van der Waals surface area contributed by atoms with Crippen LogP contribution in [-0.4, -0.2) is 40.1 Å². The van der Waals surface area contributed by atoms with Crippen molar-refractivity contribution >= 4 is 23.2 Å². The van der Waals surface area contributed by atoms with Crippen LogP contribution in [0, 0.1) is 0 Å². The molecule has 4 rings (SSSR count). The predicted octanol–water partition coefficient (Wildman–Crippen LogP) is 2.36. The number of imidazole rings is 1. The Bertz CT molecular complexity index is 759. The Labute approximate surface area is 146 Å². The minimum absolute atomic E-state index is 0.330. The molecule has 2 fully saturated rings. The SMILES string of the molecule is CCNC(=NCc1cn2cc(Cl)ccc2n1)NC1CC2CCC1O2. The van der Waals surface area contributed by atoms with E-state index in [1.807, 2.05) is 28.9 Å². The molecule has 3 atom stereocenters. The standard InChI is InChI=1S/C17H22ClN5O/c1-2-19-17(22-14-7-13-4-5-15(14)24-13)20-8-12-10-23-9-11(18)3-6-16(23)21-12/h3,6,9-10,13-15H,2,4-5,7-8H2,1H3,(H2,19,20,22). The Morgan fingerprint density at radius 2 is 2.33 bits per heavy atom. The third-order valence-electron chi connectivity index (χ3n) is 4.64. The van der Waals surface area contributed by atoms with E-state index in [1.165, 1.54) is 6.42 Å². The van der Waals surface area contributed by atoms with E-state index in [4.69, 9.17) is 16.3 Å². The topological polar surface area (TPSA) is 63.0 Å². The predicted molar refractivity (Wildman–Crippen MR) is 94.5 cm³/mol. The summed E-state index contributed by atoms with van der Waals surface area (Å²) in [6.45, 7) is 3.42. The second-order valence-corrected chi connectivity index (χ2v) is 6.84. The highest BCUT2D eigenvalue weighted by atomic mass is 35.5. The van der Waals surface area contributed by atoms with Crippen LogP contribution in [-0.2, 0) is 11.3 Å². The number of hydrogen-bond acceptors (Lipinski definition) is 3. The molecule has 0 radical (unpaired) electrons. The molecule has 0 aromatic carbocycles. The number of hydrogen-bond donors (Lipinski definition) is 2. The molecule has 128 valence electrons. The van der Waals surface area contributed by atoms with Crippen molar-refractivity contribution < 1.29 is 4.74 Å². The summed E-state index contributed by atoms with van der Waals surface area (Å²) < 4.78 is 7.83. The second-order valence-electron chi connectivity index (χ2n) is 6.40. The van der Waals surface area contributed by atoms with Gasteiger partial charge in [0, 0.05) is 18.9 Å².